The molecule has 1 nitrogen and oxygen atoms in total. The summed E-state index contributed by atoms with van der Waals surface area (Å²) in [5.41, 5.74) is 0. The van der Waals surface area contributed by atoms with Crippen LogP contribution in [0.4, 0.5) is 4.39 Å². The van der Waals surface area contributed by atoms with Crippen LogP contribution in [0.2, 0.25) is 13.1 Å². The minimum absolute atomic E-state index is 0.190. The largest absolute Gasteiger partial charge is 0.416 e. The van der Waals surface area contributed by atoms with Gasteiger partial charge in [0.25, 0.3) is 0 Å². The van der Waals surface area contributed by atoms with Crippen LogP contribution in [0.5, 0.6) is 0 Å². The Bertz CT molecular complexity index is 273. The third-order valence-electron chi connectivity index (χ3n) is 2.03. The van der Waals surface area contributed by atoms with Crippen LogP contribution in [-0.4, -0.2) is 15.4 Å². The third-order valence-corrected chi connectivity index (χ3v) is 4.75. The lowest BCUT2D eigenvalue weighted by Gasteiger charge is -2.20. The maximum atomic E-state index is 12.8. The Morgan fingerprint density at radius 1 is 1.33 bits per heavy atom. The third kappa shape index (κ3) is 1.93. The highest BCUT2D eigenvalue weighted by Crippen LogP contribution is 2.04. The summed E-state index contributed by atoms with van der Waals surface area (Å²) in [6.45, 7) is 4.09. The van der Waals surface area contributed by atoms with Crippen molar-refractivity contribution in [1.29, 1.82) is 0 Å². The summed E-state index contributed by atoms with van der Waals surface area (Å²) in [7, 11) is -0.147. The van der Waals surface area contributed by atoms with E-state index in [4.69, 9.17) is 4.43 Å². The predicted octanol–water partition coefficient (Wildman–Crippen LogP) is 1.88. The Morgan fingerprint density at radius 3 is 2.50 bits per heavy atom. The van der Waals surface area contributed by atoms with E-state index in [2.05, 4.69) is 0 Å². The highest BCUT2D eigenvalue weighted by Gasteiger charge is 2.23. The molecule has 0 bridgehead atoms. The Labute approximate surface area is 73.3 Å². The van der Waals surface area contributed by atoms with Gasteiger partial charge < -0.3 is 4.43 Å². The summed E-state index contributed by atoms with van der Waals surface area (Å²) in [5.74, 6) is -0.190. The van der Waals surface area contributed by atoms with E-state index in [-0.39, 0.29) is 5.82 Å². The summed E-state index contributed by atoms with van der Waals surface area (Å²) in [6, 6.07) is 6.64. The molecule has 0 aliphatic heterocycles. The number of rotatable bonds is 2. The zero-order valence-electron chi connectivity index (χ0n) is 7.60. The van der Waals surface area contributed by atoms with Crippen molar-refractivity contribution in [2.75, 3.05) is 7.11 Å². The van der Waals surface area contributed by atoms with Gasteiger partial charge in [-0.05, 0) is 30.4 Å². The smallest absolute Gasteiger partial charge is 0.217 e. The van der Waals surface area contributed by atoms with Crippen LogP contribution >= 0.6 is 0 Å². The minimum Gasteiger partial charge on any atom is -0.416 e. The molecule has 0 fully saturated rings. The maximum Gasteiger partial charge on any atom is 0.217 e. The van der Waals surface area contributed by atoms with Gasteiger partial charge in [-0.15, -0.1) is 0 Å². The molecule has 1 aromatic carbocycles. The average Bonchev–Trinajstić information content (AvgIpc) is 2.05. The molecule has 0 aliphatic rings. The molecule has 0 aliphatic carbocycles. The van der Waals surface area contributed by atoms with Crippen LogP contribution in [0, 0.1) is 5.82 Å². The zero-order valence-corrected chi connectivity index (χ0v) is 8.60. The zero-order chi connectivity index (χ0) is 9.19. The van der Waals surface area contributed by atoms with Gasteiger partial charge in [-0.1, -0.05) is 12.1 Å². The lowest BCUT2D eigenvalue weighted by atomic mass is 10.3. The van der Waals surface area contributed by atoms with E-state index in [1.54, 1.807) is 19.2 Å². The highest BCUT2D eigenvalue weighted by atomic mass is 28.4. The van der Waals surface area contributed by atoms with Crippen LogP contribution in [-0.2, 0) is 4.43 Å². The normalized spacial score (nSPS) is 11.7. The van der Waals surface area contributed by atoms with E-state index in [0.29, 0.717) is 0 Å². The molecule has 12 heavy (non-hydrogen) atoms. The molecule has 3 heteroatoms. The van der Waals surface area contributed by atoms with Crippen molar-refractivity contribution in [2.45, 2.75) is 13.1 Å². The second-order valence-electron chi connectivity index (χ2n) is 3.22. The van der Waals surface area contributed by atoms with Gasteiger partial charge in [0, 0.05) is 7.11 Å². The second-order valence-corrected chi connectivity index (χ2v) is 7.23. The lowest BCUT2D eigenvalue weighted by molar-refractivity contribution is 0.416. The summed E-state index contributed by atoms with van der Waals surface area (Å²) >= 11 is 0. The summed E-state index contributed by atoms with van der Waals surface area (Å²) in [4.78, 5) is 0. The van der Waals surface area contributed by atoms with Crippen molar-refractivity contribution in [3.63, 3.8) is 0 Å². The van der Waals surface area contributed by atoms with Gasteiger partial charge in [0.1, 0.15) is 5.82 Å². The van der Waals surface area contributed by atoms with Crippen molar-refractivity contribution in [3.05, 3.63) is 30.1 Å². The van der Waals surface area contributed by atoms with E-state index < -0.39 is 8.32 Å². The molecule has 0 spiro atoms. The van der Waals surface area contributed by atoms with Crippen molar-refractivity contribution < 1.29 is 8.82 Å². The topological polar surface area (TPSA) is 9.23 Å². The first kappa shape index (κ1) is 9.42. The number of hydrogen-bond donors (Lipinski definition) is 0. The van der Waals surface area contributed by atoms with Crippen LogP contribution in [0.3, 0.4) is 0 Å². The molecule has 0 aromatic heterocycles. The van der Waals surface area contributed by atoms with Gasteiger partial charge in [0.2, 0.25) is 8.32 Å². The Balaban J connectivity index is 3.03. The molecule has 0 atom stereocenters. The number of hydrogen-bond acceptors (Lipinski definition) is 1. The van der Waals surface area contributed by atoms with Crippen molar-refractivity contribution >= 4 is 13.5 Å². The fourth-order valence-corrected chi connectivity index (χ4v) is 2.20. The quantitative estimate of drug-likeness (QED) is 0.638. The van der Waals surface area contributed by atoms with Crippen LogP contribution < -0.4 is 5.19 Å². The lowest BCUT2D eigenvalue weighted by Crippen LogP contribution is -2.43. The standard InChI is InChI=1S/C9H13FOSi/c1-11-12(2,3)9-6-4-5-8(10)7-9/h4-7H,1-3H3. The van der Waals surface area contributed by atoms with Crippen molar-refractivity contribution in [3.8, 4) is 0 Å². The first-order valence-electron chi connectivity index (χ1n) is 3.87. The van der Waals surface area contributed by atoms with Gasteiger partial charge in [-0.25, -0.2) is 4.39 Å². The molecule has 66 valence electrons. The summed E-state index contributed by atoms with van der Waals surface area (Å²) in [5, 5.41) is 0.991. The number of halogens is 1. The van der Waals surface area contributed by atoms with Crippen LogP contribution in [0.25, 0.3) is 0 Å². The summed E-state index contributed by atoms with van der Waals surface area (Å²) < 4.78 is 18.2. The van der Waals surface area contributed by atoms with Gasteiger partial charge in [0.05, 0.1) is 0 Å². The van der Waals surface area contributed by atoms with Gasteiger partial charge >= 0.3 is 0 Å². The minimum atomic E-state index is -1.82. The van der Waals surface area contributed by atoms with E-state index in [9.17, 15) is 4.39 Å². The SMILES string of the molecule is CO[Si](C)(C)c1cccc(F)c1. The Hall–Kier alpha value is -0.673. The van der Waals surface area contributed by atoms with Crippen molar-refractivity contribution in [2.24, 2.45) is 0 Å². The maximum absolute atomic E-state index is 12.8. The van der Waals surface area contributed by atoms with Gasteiger partial charge in [-0.3, -0.25) is 0 Å². The average molecular weight is 184 g/mol. The molecule has 0 saturated heterocycles. The molecule has 0 radical (unpaired) electrons. The number of benzene rings is 1. The molecule has 0 N–H and O–H groups in total. The van der Waals surface area contributed by atoms with E-state index in [0.717, 1.165) is 5.19 Å². The van der Waals surface area contributed by atoms with Crippen LogP contribution in [0.1, 0.15) is 0 Å². The molecule has 1 rings (SSSR count). The predicted molar refractivity (Wildman–Crippen MR) is 50.5 cm³/mol. The molecular formula is C9H13FOSi. The Morgan fingerprint density at radius 2 is 2.00 bits per heavy atom. The Kier molecular flexibility index (Phi) is 2.64. The monoisotopic (exact) mass is 184 g/mol. The van der Waals surface area contributed by atoms with Crippen molar-refractivity contribution in [1.82, 2.24) is 0 Å². The second kappa shape index (κ2) is 3.37. The van der Waals surface area contributed by atoms with E-state index >= 15 is 0 Å². The highest BCUT2D eigenvalue weighted by molar-refractivity contribution is 6.84. The van der Waals surface area contributed by atoms with E-state index in [1.807, 2.05) is 19.2 Å². The molecular weight excluding hydrogens is 171 g/mol. The fourth-order valence-electron chi connectivity index (χ4n) is 0.981. The van der Waals surface area contributed by atoms with Gasteiger partial charge in [-0.2, -0.15) is 0 Å². The first-order chi connectivity index (χ1) is 5.56. The van der Waals surface area contributed by atoms with Gasteiger partial charge in [0.15, 0.2) is 0 Å². The summed E-state index contributed by atoms with van der Waals surface area (Å²) in [6.07, 6.45) is 0. The molecule has 0 amide bonds. The first-order valence-corrected chi connectivity index (χ1v) is 6.78. The van der Waals surface area contributed by atoms with E-state index in [1.165, 1.54) is 6.07 Å². The fraction of sp³-hybridized carbons (Fsp3) is 0.333. The molecule has 0 heterocycles. The molecule has 0 unspecified atom stereocenters. The molecule has 1 aromatic rings. The molecule has 0 saturated carbocycles. The van der Waals surface area contributed by atoms with Crippen LogP contribution in [0.15, 0.2) is 24.3 Å².